The highest BCUT2D eigenvalue weighted by atomic mass is 16.5. The van der Waals surface area contributed by atoms with Gasteiger partial charge in [0.1, 0.15) is 6.10 Å². The molecule has 1 heterocycles. The van der Waals surface area contributed by atoms with Gasteiger partial charge in [-0.2, -0.15) is 0 Å². The lowest BCUT2D eigenvalue weighted by molar-refractivity contribution is -0.151. The molecule has 3 fully saturated rings. The minimum Gasteiger partial charge on any atom is -0.462 e. The van der Waals surface area contributed by atoms with E-state index in [2.05, 4.69) is 45.7 Å². The summed E-state index contributed by atoms with van der Waals surface area (Å²) in [6.45, 7) is 12.6. The zero-order valence-corrected chi connectivity index (χ0v) is 24.9. The van der Waals surface area contributed by atoms with Gasteiger partial charge in [-0.1, -0.05) is 65.5 Å². The van der Waals surface area contributed by atoms with Crippen molar-refractivity contribution in [3.05, 3.63) is 41.7 Å². The Balaban J connectivity index is 1.19. The summed E-state index contributed by atoms with van der Waals surface area (Å²) in [5.41, 5.74) is 3.61. The van der Waals surface area contributed by atoms with E-state index in [1.165, 1.54) is 57.8 Å². The summed E-state index contributed by atoms with van der Waals surface area (Å²) in [5.74, 6) is 5.15. The van der Waals surface area contributed by atoms with E-state index in [0.29, 0.717) is 17.3 Å². The lowest BCUT2D eigenvalue weighted by atomic mass is 9.47. The predicted molar refractivity (Wildman–Crippen MR) is 155 cm³/mol. The number of hydrogen-bond acceptors (Lipinski definition) is 3. The van der Waals surface area contributed by atoms with Gasteiger partial charge in [0.05, 0.1) is 0 Å². The molecule has 3 saturated carbocycles. The van der Waals surface area contributed by atoms with Crippen LogP contribution in [0.4, 0.5) is 0 Å². The standard InChI is InChI=1S/C35H53NO2/c1-24(2)7-6-8-25(3)30-12-13-31-29-11-10-27-23-28(38-33(37)14-9-26-17-21-36-22-18-26)15-19-34(27,4)32(29)16-20-35(30,31)5/h10,17-18,21-22,24-25,28-32H,6-9,11-16,19-20,23H2,1-5H3. The van der Waals surface area contributed by atoms with Gasteiger partial charge < -0.3 is 4.74 Å². The molecule has 0 radical (unpaired) electrons. The molecule has 8 atom stereocenters. The minimum absolute atomic E-state index is 0.0438. The molecule has 0 N–H and O–H groups in total. The minimum atomic E-state index is -0.0438. The van der Waals surface area contributed by atoms with Gasteiger partial charge in [-0.25, -0.2) is 0 Å². The third-order valence-corrected chi connectivity index (χ3v) is 11.9. The molecule has 8 unspecified atom stereocenters. The molecule has 3 heteroatoms. The van der Waals surface area contributed by atoms with Gasteiger partial charge >= 0.3 is 5.97 Å². The highest BCUT2D eigenvalue weighted by molar-refractivity contribution is 5.70. The first-order chi connectivity index (χ1) is 18.2. The quantitative estimate of drug-likeness (QED) is 0.241. The summed E-state index contributed by atoms with van der Waals surface area (Å²) >= 11 is 0. The van der Waals surface area contributed by atoms with Crippen molar-refractivity contribution in [1.29, 1.82) is 0 Å². The highest BCUT2D eigenvalue weighted by Gasteiger charge is 2.59. The van der Waals surface area contributed by atoms with Crippen LogP contribution in [0.5, 0.6) is 0 Å². The molecule has 210 valence electrons. The summed E-state index contributed by atoms with van der Waals surface area (Å²) < 4.78 is 6.02. The average Bonchev–Trinajstić information content (AvgIpc) is 3.25. The maximum absolute atomic E-state index is 12.6. The van der Waals surface area contributed by atoms with E-state index >= 15 is 0 Å². The first-order valence-electron chi connectivity index (χ1n) is 16.0. The summed E-state index contributed by atoms with van der Waals surface area (Å²) in [6.07, 6.45) is 21.8. The lowest BCUT2D eigenvalue weighted by Crippen LogP contribution is -2.51. The zero-order chi connectivity index (χ0) is 26.9. The van der Waals surface area contributed by atoms with Gasteiger partial charge in [-0.05, 0) is 115 Å². The molecule has 4 aliphatic rings. The van der Waals surface area contributed by atoms with Crippen LogP contribution >= 0.6 is 0 Å². The van der Waals surface area contributed by atoms with E-state index in [0.717, 1.165) is 60.3 Å². The fourth-order valence-corrected chi connectivity index (χ4v) is 9.79. The summed E-state index contributed by atoms with van der Waals surface area (Å²) in [7, 11) is 0. The first kappa shape index (κ1) is 27.9. The molecule has 5 rings (SSSR count). The van der Waals surface area contributed by atoms with Crippen molar-refractivity contribution < 1.29 is 9.53 Å². The first-order valence-corrected chi connectivity index (χ1v) is 16.0. The molecule has 3 nitrogen and oxygen atoms in total. The predicted octanol–water partition coefficient (Wildman–Crippen LogP) is 8.97. The molecule has 38 heavy (non-hydrogen) atoms. The average molecular weight is 520 g/mol. The molecule has 1 aromatic rings. The van der Waals surface area contributed by atoms with Crippen LogP contribution in [-0.2, 0) is 16.0 Å². The second-order valence-electron chi connectivity index (χ2n) is 14.5. The zero-order valence-electron chi connectivity index (χ0n) is 24.9. The Kier molecular flexibility index (Phi) is 8.42. The molecule has 0 aliphatic heterocycles. The number of esters is 1. The van der Waals surface area contributed by atoms with Crippen molar-refractivity contribution in [1.82, 2.24) is 4.98 Å². The number of pyridine rings is 1. The van der Waals surface area contributed by atoms with Crippen LogP contribution < -0.4 is 0 Å². The summed E-state index contributed by atoms with van der Waals surface area (Å²) in [4.78, 5) is 16.7. The number of aryl methyl sites for hydroxylation is 1. The van der Waals surface area contributed by atoms with Crippen LogP contribution in [0.25, 0.3) is 0 Å². The van der Waals surface area contributed by atoms with Gasteiger partial charge in [-0.15, -0.1) is 0 Å². The monoisotopic (exact) mass is 519 g/mol. The molecule has 0 saturated heterocycles. The summed E-state index contributed by atoms with van der Waals surface area (Å²) in [5, 5.41) is 0. The Labute approximate surface area is 232 Å². The van der Waals surface area contributed by atoms with Gasteiger partial charge in [0, 0.05) is 25.2 Å². The molecule has 0 spiro atoms. The van der Waals surface area contributed by atoms with Gasteiger partial charge in [0.25, 0.3) is 0 Å². The van der Waals surface area contributed by atoms with E-state index in [4.69, 9.17) is 4.74 Å². The molecule has 0 aromatic carbocycles. The van der Waals surface area contributed by atoms with Gasteiger partial charge in [-0.3, -0.25) is 9.78 Å². The van der Waals surface area contributed by atoms with Crippen LogP contribution in [0.1, 0.15) is 117 Å². The van der Waals surface area contributed by atoms with Crippen molar-refractivity contribution in [2.45, 2.75) is 124 Å². The third-order valence-electron chi connectivity index (χ3n) is 11.9. The number of hydrogen-bond donors (Lipinski definition) is 0. The molecule has 0 bridgehead atoms. The summed E-state index contributed by atoms with van der Waals surface area (Å²) in [6, 6.07) is 3.97. The normalized spacial score (nSPS) is 37.1. The van der Waals surface area contributed by atoms with Crippen LogP contribution in [0.2, 0.25) is 0 Å². The number of nitrogens with zero attached hydrogens (tertiary/aromatic N) is 1. The van der Waals surface area contributed by atoms with Crippen molar-refractivity contribution >= 4 is 5.97 Å². The van der Waals surface area contributed by atoms with Crippen molar-refractivity contribution in [2.24, 2.45) is 46.3 Å². The second kappa shape index (κ2) is 11.5. The number of fused-ring (bicyclic) bond motifs is 5. The van der Waals surface area contributed by atoms with E-state index in [1.807, 2.05) is 12.1 Å². The van der Waals surface area contributed by atoms with Crippen LogP contribution in [0.3, 0.4) is 0 Å². The smallest absolute Gasteiger partial charge is 0.306 e. The maximum Gasteiger partial charge on any atom is 0.306 e. The van der Waals surface area contributed by atoms with E-state index < -0.39 is 0 Å². The number of carbonyl (C=O) groups excluding carboxylic acids is 1. The number of carbonyl (C=O) groups is 1. The Morgan fingerprint density at radius 2 is 1.82 bits per heavy atom. The maximum atomic E-state index is 12.6. The molecule has 1 aromatic heterocycles. The Morgan fingerprint density at radius 3 is 2.58 bits per heavy atom. The Morgan fingerprint density at radius 1 is 1.03 bits per heavy atom. The van der Waals surface area contributed by atoms with Crippen LogP contribution in [0, 0.1) is 46.3 Å². The van der Waals surface area contributed by atoms with Crippen LogP contribution in [0.15, 0.2) is 36.2 Å². The fraction of sp³-hybridized carbons (Fsp3) is 0.771. The molecular weight excluding hydrogens is 466 g/mol. The van der Waals surface area contributed by atoms with E-state index in [-0.39, 0.29) is 12.1 Å². The molecule has 4 aliphatic carbocycles. The van der Waals surface area contributed by atoms with Gasteiger partial charge in [0.2, 0.25) is 0 Å². The van der Waals surface area contributed by atoms with Gasteiger partial charge in [0.15, 0.2) is 0 Å². The van der Waals surface area contributed by atoms with Crippen molar-refractivity contribution in [3.8, 4) is 0 Å². The molecule has 0 amide bonds. The largest absolute Gasteiger partial charge is 0.462 e. The lowest BCUT2D eigenvalue weighted by Gasteiger charge is -2.58. The highest BCUT2D eigenvalue weighted by Crippen LogP contribution is 2.67. The molecular formula is C35H53NO2. The third kappa shape index (κ3) is 5.50. The Hall–Kier alpha value is -1.64. The van der Waals surface area contributed by atoms with E-state index in [1.54, 1.807) is 18.0 Å². The number of aromatic nitrogens is 1. The SMILES string of the molecule is CC(C)CCCC(C)C1CCC2C3CC=C4CC(OC(=O)CCc5ccncc5)CCC4(C)C3CCC12C. The van der Waals surface area contributed by atoms with E-state index in [9.17, 15) is 4.79 Å². The topological polar surface area (TPSA) is 39.2 Å². The number of ether oxygens (including phenoxy) is 1. The number of allylic oxidation sites excluding steroid dienone is 1. The van der Waals surface area contributed by atoms with Crippen molar-refractivity contribution in [2.75, 3.05) is 0 Å². The fourth-order valence-electron chi connectivity index (χ4n) is 9.79. The second-order valence-corrected chi connectivity index (χ2v) is 14.5. The van der Waals surface area contributed by atoms with Crippen molar-refractivity contribution in [3.63, 3.8) is 0 Å². The number of rotatable bonds is 9. The Bertz CT molecular complexity index is 985. The van der Waals surface area contributed by atoms with Crippen LogP contribution in [-0.4, -0.2) is 17.1 Å².